The summed E-state index contributed by atoms with van der Waals surface area (Å²) in [7, 11) is 0. The average molecular weight is 787 g/mol. The molecule has 6 aliphatic heterocycles. The maximum atomic E-state index is 5.56. The standard InChI is InChI=1S/C52H50N8/c1-5-29-57-33-13-9-17-45(57)49-37-21-23-39(53-37)50(46-18-10-14-34-58(46)30-6-2)41-25-27-43(55-41)52(48-20-12-16-36-60(48)32-8-4)44-28-26-42(56-44)51(40-24-22-38(49)54-40)47-19-11-15-35-59(47)31-7-3/h5-28,33-36,45-48,53-54H,1-4,29-32H2. The largest absolute Gasteiger partial charge is 0.363 e. The molecule has 8 nitrogen and oxygen atoms in total. The Morgan fingerprint density at radius 3 is 1.02 bits per heavy atom. The number of fused-ring (bicyclic) bond motifs is 8. The lowest BCUT2D eigenvalue weighted by molar-refractivity contribution is 0.352. The van der Waals surface area contributed by atoms with Gasteiger partial charge in [-0.2, -0.15) is 0 Å². The molecule has 0 aliphatic carbocycles. The maximum Gasteiger partial charge on any atom is 0.0770 e. The van der Waals surface area contributed by atoms with Crippen LogP contribution in [0.15, 0.2) is 173 Å². The van der Waals surface area contributed by atoms with E-state index >= 15 is 0 Å². The van der Waals surface area contributed by atoms with Gasteiger partial charge >= 0.3 is 0 Å². The average Bonchev–Trinajstić information content (AvgIpc) is 4.12. The highest BCUT2D eigenvalue weighted by molar-refractivity contribution is 5.85. The van der Waals surface area contributed by atoms with E-state index in [4.69, 9.17) is 9.97 Å². The molecule has 0 saturated carbocycles. The predicted molar refractivity (Wildman–Crippen MR) is 251 cm³/mol. The molecule has 0 amide bonds. The van der Waals surface area contributed by atoms with Gasteiger partial charge in [0, 0.05) is 95.3 Å². The summed E-state index contributed by atoms with van der Waals surface area (Å²) >= 11 is 0. The van der Waals surface area contributed by atoms with Gasteiger partial charge in [0.1, 0.15) is 0 Å². The molecule has 8 heteroatoms. The lowest BCUT2D eigenvalue weighted by atomic mass is 9.99. The van der Waals surface area contributed by atoms with Crippen LogP contribution in [0.25, 0.3) is 46.4 Å². The van der Waals surface area contributed by atoms with E-state index in [0.29, 0.717) is 26.2 Å². The number of hydrogen-bond donors (Lipinski definition) is 2. The van der Waals surface area contributed by atoms with E-state index in [-0.39, 0.29) is 24.2 Å². The van der Waals surface area contributed by atoms with Crippen LogP contribution in [0.2, 0.25) is 0 Å². The van der Waals surface area contributed by atoms with Crippen LogP contribution in [0.3, 0.4) is 0 Å². The van der Waals surface area contributed by atoms with Gasteiger partial charge in [-0.3, -0.25) is 0 Å². The SMILES string of the molecule is C=CCN1C=CC=CC1c1c2nc(c(C3C=CC=CN3CC=C)c3ccc([nH]3)c(C3C=CC=CN3CC=C)c3ccc([nH]3)c(C3C=CC=CN3CC=C)c3nc1C=C3)C=C2. The normalized spacial score (nSPS) is 21.1. The van der Waals surface area contributed by atoms with Crippen molar-refractivity contribution < 1.29 is 0 Å². The number of allylic oxidation sites excluding steroid dienone is 8. The van der Waals surface area contributed by atoms with Crippen LogP contribution < -0.4 is 0 Å². The number of rotatable bonds is 12. The summed E-state index contributed by atoms with van der Waals surface area (Å²) < 4.78 is 0. The summed E-state index contributed by atoms with van der Waals surface area (Å²) in [5.41, 5.74) is 11.8. The van der Waals surface area contributed by atoms with Crippen LogP contribution >= 0.6 is 0 Å². The van der Waals surface area contributed by atoms with E-state index in [0.717, 1.165) is 67.1 Å². The van der Waals surface area contributed by atoms with E-state index in [9.17, 15) is 0 Å². The Bertz CT molecular complexity index is 2560. The van der Waals surface area contributed by atoms with Gasteiger partial charge in [0.05, 0.1) is 46.9 Å². The van der Waals surface area contributed by atoms with Gasteiger partial charge < -0.3 is 29.6 Å². The summed E-state index contributed by atoms with van der Waals surface area (Å²) in [6.07, 6.45) is 50.8. The Labute approximate surface area is 352 Å². The van der Waals surface area contributed by atoms with Gasteiger partial charge in [0.25, 0.3) is 0 Å². The van der Waals surface area contributed by atoms with E-state index in [1.165, 1.54) is 0 Å². The smallest absolute Gasteiger partial charge is 0.0770 e. The Hall–Kier alpha value is -7.32. The fourth-order valence-corrected chi connectivity index (χ4v) is 9.01. The second kappa shape index (κ2) is 16.9. The molecule has 9 rings (SSSR count). The molecule has 0 fully saturated rings. The van der Waals surface area contributed by atoms with Gasteiger partial charge in [-0.05, 0) is 72.9 Å². The Morgan fingerprint density at radius 1 is 0.400 bits per heavy atom. The van der Waals surface area contributed by atoms with Crippen molar-refractivity contribution in [3.05, 3.63) is 218 Å². The third kappa shape index (κ3) is 7.11. The monoisotopic (exact) mass is 786 g/mol. The first-order valence-corrected chi connectivity index (χ1v) is 20.6. The molecule has 60 heavy (non-hydrogen) atoms. The van der Waals surface area contributed by atoms with Crippen molar-refractivity contribution in [2.75, 3.05) is 26.2 Å². The van der Waals surface area contributed by atoms with Gasteiger partial charge in [-0.1, -0.05) is 72.9 Å². The molecule has 0 radical (unpaired) electrons. The lowest BCUT2D eigenvalue weighted by Gasteiger charge is -2.31. The van der Waals surface area contributed by atoms with Gasteiger partial charge in [-0.25, -0.2) is 9.97 Å². The first-order valence-electron chi connectivity index (χ1n) is 20.6. The molecule has 9 heterocycles. The molecule has 2 N–H and O–H groups in total. The molecule has 8 bridgehead atoms. The first-order chi connectivity index (χ1) is 29.6. The maximum absolute atomic E-state index is 5.56. The van der Waals surface area contributed by atoms with E-state index in [2.05, 4.69) is 202 Å². The third-order valence-electron chi connectivity index (χ3n) is 11.6. The van der Waals surface area contributed by atoms with Crippen LogP contribution in [-0.2, 0) is 0 Å². The summed E-state index contributed by atoms with van der Waals surface area (Å²) in [5, 5.41) is 0. The van der Waals surface area contributed by atoms with Crippen molar-refractivity contribution in [1.82, 2.24) is 39.5 Å². The first kappa shape index (κ1) is 38.2. The Balaban J connectivity index is 1.42. The Morgan fingerprint density at radius 2 is 0.683 bits per heavy atom. The van der Waals surface area contributed by atoms with Gasteiger partial charge in [-0.15, -0.1) is 26.3 Å². The molecule has 4 atom stereocenters. The van der Waals surface area contributed by atoms with E-state index in [1.54, 1.807) is 0 Å². The molecule has 0 saturated heterocycles. The van der Waals surface area contributed by atoms with Crippen LogP contribution in [0.5, 0.6) is 0 Å². The zero-order valence-corrected chi connectivity index (χ0v) is 33.8. The zero-order chi connectivity index (χ0) is 41.0. The summed E-state index contributed by atoms with van der Waals surface area (Å²) in [4.78, 5) is 28.2. The Kier molecular flexibility index (Phi) is 10.7. The molecule has 6 aliphatic rings. The zero-order valence-electron chi connectivity index (χ0n) is 33.8. The van der Waals surface area contributed by atoms with Crippen LogP contribution in [0.4, 0.5) is 0 Å². The number of H-pyrrole nitrogens is 2. The summed E-state index contributed by atoms with van der Waals surface area (Å²) in [6.45, 7) is 19.1. The fraction of sp³-hybridized carbons (Fsp3) is 0.154. The number of aromatic nitrogens is 4. The van der Waals surface area contributed by atoms with Crippen LogP contribution in [0.1, 0.15) is 69.2 Å². The number of aromatic amines is 2. The number of hydrogen-bond acceptors (Lipinski definition) is 6. The third-order valence-corrected chi connectivity index (χ3v) is 11.6. The van der Waals surface area contributed by atoms with Gasteiger partial charge in [0.15, 0.2) is 0 Å². The molecule has 3 aromatic rings. The minimum Gasteiger partial charge on any atom is -0.363 e. The molecule has 0 spiro atoms. The lowest BCUT2D eigenvalue weighted by Crippen LogP contribution is -2.25. The van der Waals surface area contributed by atoms with Crippen molar-refractivity contribution >= 4 is 46.4 Å². The molecule has 4 unspecified atom stereocenters. The molecular formula is C52H50N8. The second-order valence-corrected chi connectivity index (χ2v) is 15.3. The minimum absolute atomic E-state index is 0.0816. The molecule has 0 aromatic carbocycles. The summed E-state index contributed by atoms with van der Waals surface area (Å²) in [6, 6.07) is 8.42. The molecule has 298 valence electrons. The van der Waals surface area contributed by atoms with Crippen LogP contribution in [-0.4, -0.2) is 65.7 Å². The highest BCUT2D eigenvalue weighted by Crippen LogP contribution is 2.40. The number of nitrogens with zero attached hydrogens (tertiary/aromatic N) is 6. The van der Waals surface area contributed by atoms with Gasteiger partial charge in [0.2, 0.25) is 0 Å². The van der Waals surface area contributed by atoms with E-state index < -0.39 is 0 Å². The van der Waals surface area contributed by atoms with Crippen molar-refractivity contribution in [2.45, 2.75) is 24.2 Å². The highest BCUT2D eigenvalue weighted by Gasteiger charge is 2.29. The van der Waals surface area contributed by atoms with Crippen molar-refractivity contribution in [1.29, 1.82) is 0 Å². The number of nitrogens with one attached hydrogen (secondary N) is 2. The summed E-state index contributed by atoms with van der Waals surface area (Å²) in [5.74, 6) is 0. The van der Waals surface area contributed by atoms with E-state index in [1.807, 2.05) is 24.3 Å². The second-order valence-electron chi connectivity index (χ2n) is 15.3. The topological polar surface area (TPSA) is 70.3 Å². The van der Waals surface area contributed by atoms with Crippen LogP contribution in [0, 0.1) is 0 Å². The molecular weight excluding hydrogens is 737 g/mol. The van der Waals surface area contributed by atoms with Crippen molar-refractivity contribution in [3.63, 3.8) is 0 Å². The molecule has 3 aromatic heterocycles. The van der Waals surface area contributed by atoms with Crippen molar-refractivity contribution in [2.24, 2.45) is 0 Å². The minimum atomic E-state index is -0.128. The quantitative estimate of drug-likeness (QED) is 0.123. The highest BCUT2D eigenvalue weighted by atomic mass is 15.2. The predicted octanol–water partition coefficient (Wildman–Crippen LogP) is 11.1. The van der Waals surface area contributed by atoms with Crippen molar-refractivity contribution in [3.8, 4) is 0 Å². The fourth-order valence-electron chi connectivity index (χ4n) is 9.01.